The van der Waals surface area contributed by atoms with E-state index < -0.39 is 0 Å². The average Bonchev–Trinajstić information content (AvgIpc) is 2.86. The zero-order valence-electron chi connectivity index (χ0n) is 13.4. The van der Waals surface area contributed by atoms with E-state index in [1.807, 2.05) is 31.2 Å². The van der Waals surface area contributed by atoms with Crippen LogP contribution >= 0.6 is 11.3 Å². The van der Waals surface area contributed by atoms with Crippen molar-refractivity contribution in [3.05, 3.63) is 45.4 Å². The molecule has 2 N–H and O–H groups in total. The standard InChI is InChI=1S/C16H22N4OS/c1-11-12(2)22-15(20-11)10-19-16(17-3)18-9-13-7-5-6-8-14(13)21-4/h5-8H,9-10H2,1-4H3,(H2,17,18,19). The van der Waals surface area contributed by atoms with Crippen molar-refractivity contribution in [3.8, 4) is 5.75 Å². The van der Waals surface area contributed by atoms with Crippen molar-refractivity contribution in [3.63, 3.8) is 0 Å². The summed E-state index contributed by atoms with van der Waals surface area (Å²) in [5, 5.41) is 7.63. The number of para-hydroxylation sites is 1. The SMILES string of the molecule is CN=C(NCc1nc(C)c(C)s1)NCc1ccccc1OC. The minimum Gasteiger partial charge on any atom is -0.496 e. The molecule has 0 aliphatic rings. The Balaban J connectivity index is 1.90. The lowest BCUT2D eigenvalue weighted by Gasteiger charge is -2.13. The van der Waals surface area contributed by atoms with Gasteiger partial charge in [-0.25, -0.2) is 4.98 Å². The average molecular weight is 318 g/mol. The largest absolute Gasteiger partial charge is 0.496 e. The summed E-state index contributed by atoms with van der Waals surface area (Å²) in [6.07, 6.45) is 0. The maximum atomic E-state index is 5.35. The number of rotatable bonds is 5. The summed E-state index contributed by atoms with van der Waals surface area (Å²) in [6.45, 7) is 5.44. The van der Waals surface area contributed by atoms with Crippen molar-refractivity contribution in [2.24, 2.45) is 4.99 Å². The highest BCUT2D eigenvalue weighted by Crippen LogP contribution is 2.17. The van der Waals surface area contributed by atoms with Crippen LogP contribution in [0.25, 0.3) is 0 Å². The number of aryl methyl sites for hydroxylation is 2. The zero-order valence-corrected chi connectivity index (χ0v) is 14.3. The first-order valence-corrected chi connectivity index (χ1v) is 7.95. The lowest BCUT2D eigenvalue weighted by atomic mass is 10.2. The second-order valence-corrected chi connectivity index (χ2v) is 6.13. The quantitative estimate of drug-likeness (QED) is 0.657. The number of aliphatic imine (C=N–C) groups is 1. The number of aromatic nitrogens is 1. The number of hydrogen-bond donors (Lipinski definition) is 2. The fourth-order valence-electron chi connectivity index (χ4n) is 2.02. The summed E-state index contributed by atoms with van der Waals surface area (Å²) >= 11 is 1.71. The molecule has 2 rings (SSSR count). The van der Waals surface area contributed by atoms with Crippen molar-refractivity contribution in [2.45, 2.75) is 26.9 Å². The van der Waals surface area contributed by atoms with Crippen LogP contribution in [-0.2, 0) is 13.1 Å². The van der Waals surface area contributed by atoms with Gasteiger partial charge in [-0.1, -0.05) is 18.2 Å². The lowest BCUT2D eigenvalue weighted by molar-refractivity contribution is 0.409. The smallest absolute Gasteiger partial charge is 0.191 e. The predicted molar refractivity (Wildman–Crippen MR) is 91.6 cm³/mol. The predicted octanol–water partition coefficient (Wildman–Crippen LogP) is 2.63. The maximum Gasteiger partial charge on any atom is 0.191 e. The number of thiazole rings is 1. The summed E-state index contributed by atoms with van der Waals surface area (Å²) in [4.78, 5) is 10.0. The van der Waals surface area contributed by atoms with Crippen LogP contribution in [0.4, 0.5) is 0 Å². The van der Waals surface area contributed by atoms with Crippen LogP contribution in [-0.4, -0.2) is 25.1 Å². The molecule has 0 amide bonds. The van der Waals surface area contributed by atoms with Crippen LogP contribution in [0.2, 0.25) is 0 Å². The molecule has 0 saturated heterocycles. The van der Waals surface area contributed by atoms with Crippen molar-refractivity contribution < 1.29 is 4.74 Å². The molecule has 0 unspecified atom stereocenters. The molecular formula is C16H22N4OS. The Labute approximate surface area is 135 Å². The van der Waals surface area contributed by atoms with Crippen LogP contribution in [0.5, 0.6) is 5.75 Å². The molecule has 22 heavy (non-hydrogen) atoms. The van der Waals surface area contributed by atoms with E-state index in [-0.39, 0.29) is 0 Å². The molecule has 0 saturated carbocycles. The topological polar surface area (TPSA) is 58.5 Å². The molecule has 0 aliphatic heterocycles. The van der Waals surface area contributed by atoms with Gasteiger partial charge in [0.25, 0.3) is 0 Å². The van der Waals surface area contributed by atoms with Gasteiger partial charge in [0.15, 0.2) is 5.96 Å². The van der Waals surface area contributed by atoms with Gasteiger partial charge in [0, 0.05) is 24.0 Å². The Kier molecular flexibility index (Phi) is 5.77. The van der Waals surface area contributed by atoms with E-state index in [1.165, 1.54) is 4.88 Å². The third kappa shape index (κ3) is 4.21. The monoisotopic (exact) mass is 318 g/mol. The summed E-state index contributed by atoms with van der Waals surface area (Å²) in [6, 6.07) is 7.94. The molecule has 0 atom stereocenters. The Bertz CT molecular complexity index is 632. The highest BCUT2D eigenvalue weighted by molar-refractivity contribution is 7.11. The number of methoxy groups -OCH3 is 1. The van der Waals surface area contributed by atoms with E-state index in [4.69, 9.17) is 4.74 Å². The number of nitrogens with zero attached hydrogens (tertiary/aromatic N) is 2. The van der Waals surface area contributed by atoms with Gasteiger partial charge in [-0.15, -0.1) is 11.3 Å². The van der Waals surface area contributed by atoms with Gasteiger partial charge in [-0.3, -0.25) is 4.99 Å². The molecule has 0 aliphatic carbocycles. The summed E-state index contributed by atoms with van der Waals surface area (Å²) < 4.78 is 5.35. The number of hydrogen-bond acceptors (Lipinski definition) is 4. The van der Waals surface area contributed by atoms with E-state index >= 15 is 0 Å². The van der Waals surface area contributed by atoms with Crippen LogP contribution in [0.1, 0.15) is 21.1 Å². The van der Waals surface area contributed by atoms with Gasteiger partial charge >= 0.3 is 0 Å². The van der Waals surface area contributed by atoms with E-state index in [1.54, 1.807) is 25.5 Å². The molecule has 5 nitrogen and oxygen atoms in total. The molecular weight excluding hydrogens is 296 g/mol. The Morgan fingerprint density at radius 2 is 1.95 bits per heavy atom. The highest BCUT2D eigenvalue weighted by Gasteiger charge is 2.06. The van der Waals surface area contributed by atoms with Gasteiger partial charge in [-0.2, -0.15) is 0 Å². The first-order chi connectivity index (χ1) is 10.6. The zero-order chi connectivity index (χ0) is 15.9. The molecule has 0 spiro atoms. The fourth-order valence-corrected chi connectivity index (χ4v) is 2.90. The molecule has 0 bridgehead atoms. The lowest BCUT2D eigenvalue weighted by Crippen LogP contribution is -2.36. The third-order valence-electron chi connectivity index (χ3n) is 3.34. The molecule has 2 aromatic rings. The first-order valence-electron chi connectivity index (χ1n) is 7.13. The van der Waals surface area contributed by atoms with Gasteiger partial charge in [0.05, 0.1) is 19.3 Å². The molecule has 6 heteroatoms. The Morgan fingerprint density at radius 1 is 1.23 bits per heavy atom. The van der Waals surface area contributed by atoms with Crippen molar-refractivity contribution >= 4 is 17.3 Å². The molecule has 0 radical (unpaired) electrons. The molecule has 118 valence electrons. The van der Waals surface area contributed by atoms with Crippen molar-refractivity contribution in [1.82, 2.24) is 15.6 Å². The molecule has 1 aromatic heterocycles. The molecule has 1 aromatic carbocycles. The second kappa shape index (κ2) is 7.79. The van der Waals surface area contributed by atoms with Gasteiger partial charge in [-0.05, 0) is 19.9 Å². The fraction of sp³-hybridized carbons (Fsp3) is 0.375. The number of nitrogens with one attached hydrogen (secondary N) is 2. The van der Waals surface area contributed by atoms with Gasteiger partial charge in [0.2, 0.25) is 0 Å². The number of ether oxygens (including phenoxy) is 1. The minimum absolute atomic E-state index is 0.652. The first kappa shape index (κ1) is 16.3. The van der Waals surface area contributed by atoms with Crippen LogP contribution in [0.3, 0.4) is 0 Å². The normalized spacial score (nSPS) is 11.4. The van der Waals surface area contributed by atoms with Crippen LogP contribution in [0, 0.1) is 13.8 Å². The van der Waals surface area contributed by atoms with Crippen LogP contribution < -0.4 is 15.4 Å². The van der Waals surface area contributed by atoms with E-state index in [0.29, 0.717) is 13.1 Å². The van der Waals surface area contributed by atoms with Gasteiger partial charge < -0.3 is 15.4 Å². The molecule has 0 fully saturated rings. The summed E-state index contributed by atoms with van der Waals surface area (Å²) in [5.41, 5.74) is 2.19. The van der Waals surface area contributed by atoms with Crippen molar-refractivity contribution in [2.75, 3.05) is 14.2 Å². The minimum atomic E-state index is 0.652. The van der Waals surface area contributed by atoms with Crippen LogP contribution in [0.15, 0.2) is 29.3 Å². The van der Waals surface area contributed by atoms with Crippen molar-refractivity contribution in [1.29, 1.82) is 0 Å². The van der Waals surface area contributed by atoms with E-state index in [0.717, 1.165) is 28.0 Å². The Morgan fingerprint density at radius 3 is 2.59 bits per heavy atom. The Hall–Kier alpha value is -2.08. The highest BCUT2D eigenvalue weighted by atomic mass is 32.1. The van der Waals surface area contributed by atoms with E-state index in [9.17, 15) is 0 Å². The van der Waals surface area contributed by atoms with Gasteiger partial charge in [0.1, 0.15) is 10.8 Å². The summed E-state index contributed by atoms with van der Waals surface area (Å²) in [7, 11) is 3.44. The second-order valence-electron chi connectivity index (χ2n) is 4.84. The maximum absolute atomic E-state index is 5.35. The summed E-state index contributed by atoms with van der Waals surface area (Å²) in [5.74, 6) is 1.62. The van der Waals surface area contributed by atoms with E-state index in [2.05, 4.69) is 27.5 Å². The molecule has 1 heterocycles. The number of benzene rings is 1. The number of guanidine groups is 1. The third-order valence-corrected chi connectivity index (χ3v) is 4.42.